The lowest BCUT2D eigenvalue weighted by Gasteiger charge is -2.23. The average molecular weight is 299 g/mol. The number of carbonyl (C=O) groups excluding carboxylic acids is 1. The van der Waals surface area contributed by atoms with E-state index in [1.54, 1.807) is 24.3 Å². The van der Waals surface area contributed by atoms with Crippen molar-refractivity contribution in [3.8, 4) is 5.75 Å². The van der Waals surface area contributed by atoms with Crippen molar-refractivity contribution in [1.82, 2.24) is 4.98 Å². The first kappa shape index (κ1) is 14.3. The van der Waals surface area contributed by atoms with Gasteiger partial charge in [-0.25, -0.2) is 9.78 Å². The summed E-state index contributed by atoms with van der Waals surface area (Å²) in [5, 5.41) is 0. The minimum Gasteiger partial charge on any atom is -0.486 e. The number of ether oxygens (including phenoxy) is 2. The molecule has 1 atom stereocenters. The third-order valence-electron chi connectivity index (χ3n) is 3.44. The van der Waals surface area contributed by atoms with Crippen LogP contribution in [0.2, 0.25) is 0 Å². The number of hydrogen-bond acceptors (Lipinski definition) is 4. The van der Waals surface area contributed by atoms with Crippen molar-refractivity contribution in [3.05, 3.63) is 65.2 Å². The summed E-state index contributed by atoms with van der Waals surface area (Å²) in [6, 6.07) is 8.06. The van der Waals surface area contributed by atoms with Gasteiger partial charge in [0.2, 0.25) is 5.95 Å². The predicted octanol–water partition coefficient (Wildman–Crippen LogP) is 3.22. The lowest BCUT2D eigenvalue weighted by atomic mass is 9.93. The number of hydrogen-bond donors (Lipinski definition) is 0. The van der Waals surface area contributed by atoms with E-state index in [0.717, 1.165) is 16.7 Å². The molecule has 1 aromatic heterocycles. The first-order chi connectivity index (χ1) is 10.6. The van der Waals surface area contributed by atoms with Gasteiger partial charge >= 0.3 is 5.97 Å². The number of nitrogens with zero attached hydrogens (tertiary/aromatic N) is 1. The van der Waals surface area contributed by atoms with E-state index in [4.69, 9.17) is 9.47 Å². The van der Waals surface area contributed by atoms with Gasteiger partial charge < -0.3 is 9.47 Å². The standard InChI is InChI=1S/C17H14FNO3/c1-10-7-13(12-4-6-16(18)19-9-12)14-8-11(17(20)21-2)3-5-15(14)22-10/h3-10H,1-2H3. The number of methoxy groups -OCH3 is 1. The van der Waals surface area contributed by atoms with Crippen molar-refractivity contribution in [1.29, 1.82) is 0 Å². The van der Waals surface area contributed by atoms with Gasteiger partial charge in [-0.15, -0.1) is 0 Å². The Hall–Kier alpha value is -2.69. The van der Waals surface area contributed by atoms with E-state index in [1.165, 1.54) is 19.4 Å². The number of aromatic nitrogens is 1. The molecule has 1 aromatic carbocycles. The van der Waals surface area contributed by atoms with E-state index in [1.807, 2.05) is 13.0 Å². The number of halogens is 1. The van der Waals surface area contributed by atoms with Gasteiger partial charge in [0.05, 0.1) is 12.7 Å². The SMILES string of the molecule is COC(=O)c1ccc2c(c1)C(c1ccc(F)nc1)=CC(C)O2. The predicted molar refractivity (Wildman–Crippen MR) is 79.1 cm³/mol. The van der Waals surface area contributed by atoms with Crippen LogP contribution in [0.5, 0.6) is 5.75 Å². The van der Waals surface area contributed by atoms with E-state index in [2.05, 4.69) is 4.98 Å². The fraction of sp³-hybridized carbons (Fsp3) is 0.176. The maximum absolute atomic E-state index is 13.0. The number of esters is 1. The molecule has 112 valence electrons. The van der Waals surface area contributed by atoms with Gasteiger partial charge in [0.1, 0.15) is 11.9 Å². The Bertz CT molecular complexity index is 753. The van der Waals surface area contributed by atoms with Crippen molar-refractivity contribution in [2.75, 3.05) is 7.11 Å². The Morgan fingerprint density at radius 1 is 1.32 bits per heavy atom. The second kappa shape index (κ2) is 5.60. The minimum absolute atomic E-state index is 0.128. The number of carbonyl (C=O) groups is 1. The molecule has 1 aliphatic heterocycles. The third kappa shape index (κ3) is 2.57. The molecule has 2 heterocycles. The molecule has 0 radical (unpaired) electrons. The molecule has 1 unspecified atom stereocenters. The van der Waals surface area contributed by atoms with E-state index in [9.17, 15) is 9.18 Å². The Labute approximate surface area is 127 Å². The topological polar surface area (TPSA) is 48.4 Å². The van der Waals surface area contributed by atoms with E-state index < -0.39 is 11.9 Å². The van der Waals surface area contributed by atoms with Crippen molar-refractivity contribution >= 4 is 11.5 Å². The fourth-order valence-electron chi connectivity index (χ4n) is 2.43. The smallest absolute Gasteiger partial charge is 0.337 e. The summed E-state index contributed by atoms with van der Waals surface area (Å²) in [4.78, 5) is 15.4. The summed E-state index contributed by atoms with van der Waals surface area (Å²) >= 11 is 0. The van der Waals surface area contributed by atoms with Crippen LogP contribution in [0.25, 0.3) is 5.57 Å². The zero-order valence-electron chi connectivity index (χ0n) is 12.2. The summed E-state index contributed by atoms with van der Waals surface area (Å²) in [5.41, 5.74) is 2.81. The Kier molecular flexibility index (Phi) is 3.63. The molecule has 5 heteroatoms. The minimum atomic E-state index is -0.534. The zero-order valence-corrected chi connectivity index (χ0v) is 12.2. The molecule has 0 saturated heterocycles. The Morgan fingerprint density at radius 3 is 2.82 bits per heavy atom. The van der Waals surface area contributed by atoms with Gasteiger partial charge in [-0.1, -0.05) is 0 Å². The first-order valence-corrected chi connectivity index (χ1v) is 6.81. The van der Waals surface area contributed by atoms with Crippen LogP contribution in [0.15, 0.2) is 42.6 Å². The van der Waals surface area contributed by atoms with Crippen molar-refractivity contribution < 1.29 is 18.7 Å². The monoisotopic (exact) mass is 299 g/mol. The summed E-state index contributed by atoms with van der Waals surface area (Å²) in [6.45, 7) is 1.91. The molecule has 0 spiro atoms. The third-order valence-corrected chi connectivity index (χ3v) is 3.44. The lowest BCUT2D eigenvalue weighted by molar-refractivity contribution is 0.0600. The summed E-state index contributed by atoms with van der Waals surface area (Å²) in [5.74, 6) is -0.284. The molecule has 4 nitrogen and oxygen atoms in total. The fourth-order valence-corrected chi connectivity index (χ4v) is 2.43. The number of fused-ring (bicyclic) bond motifs is 1. The van der Waals surface area contributed by atoms with Crippen molar-refractivity contribution in [2.24, 2.45) is 0 Å². The van der Waals surface area contributed by atoms with Crippen LogP contribution in [0.4, 0.5) is 4.39 Å². The molecular weight excluding hydrogens is 285 g/mol. The molecule has 0 N–H and O–H groups in total. The highest BCUT2D eigenvalue weighted by atomic mass is 19.1. The Morgan fingerprint density at radius 2 is 2.14 bits per heavy atom. The van der Waals surface area contributed by atoms with Gasteiger partial charge in [-0.05, 0) is 48.9 Å². The highest BCUT2D eigenvalue weighted by Gasteiger charge is 2.21. The number of benzene rings is 1. The molecule has 0 saturated carbocycles. The molecular formula is C17H14FNO3. The molecule has 22 heavy (non-hydrogen) atoms. The quantitative estimate of drug-likeness (QED) is 0.631. The van der Waals surface area contributed by atoms with Crippen LogP contribution >= 0.6 is 0 Å². The van der Waals surface area contributed by atoms with Gasteiger partial charge in [0.15, 0.2) is 0 Å². The highest BCUT2D eigenvalue weighted by molar-refractivity contribution is 5.93. The van der Waals surface area contributed by atoms with Crippen LogP contribution in [0, 0.1) is 5.95 Å². The van der Waals surface area contributed by atoms with Crippen molar-refractivity contribution in [3.63, 3.8) is 0 Å². The van der Waals surface area contributed by atoms with Crippen LogP contribution in [0.1, 0.15) is 28.4 Å². The van der Waals surface area contributed by atoms with Crippen molar-refractivity contribution in [2.45, 2.75) is 13.0 Å². The van der Waals surface area contributed by atoms with Gasteiger partial charge in [-0.3, -0.25) is 0 Å². The second-order valence-corrected chi connectivity index (χ2v) is 4.98. The molecule has 3 rings (SSSR count). The van der Waals surface area contributed by atoms with Crippen LogP contribution in [0.3, 0.4) is 0 Å². The van der Waals surface area contributed by atoms with E-state index in [-0.39, 0.29) is 6.10 Å². The van der Waals surface area contributed by atoms with Crippen LogP contribution in [-0.4, -0.2) is 24.2 Å². The summed E-state index contributed by atoms with van der Waals surface area (Å²) < 4.78 is 23.5. The molecule has 0 bridgehead atoms. The maximum Gasteiger partial charge on any atom is 0.337 e. The van der Waals surface area contributed by atoms with E-state index >= 15 is 0 Å². The van der Waals surface area contributed by atoms with Crippen LogP contribution in [-0.2, 0) is 4.74 Å². The number of pyridine rings is 1. The molecule has 0 fully saturated rings. The largest absolute Gasteiger partial charge is 0.486 e. The molecule has 0 aliphatic carbocycles. The van der Waals surface area contributed by atoms with Gasteiger partial charge in [0, 0.05) is 17.3 Å². The molecule has 1 aliphatic rings. The Balaban J connectivity index is 2.11. The summed E-state index contributed by atoms with van der Waals surface area (Å²) in [6.07, 6.45) is 3.25. The zero-order chi connectivity index (χ0) is 15.7. The summed E-state index contributed by atoms with van der Waals surface area (Å²) in [7, 11) is 1.33. The maximum atomic E-state index is 13.0. The molecule has 2 aromatic rings. The lowest BCUT2D eigenvalue weighted by Crippen LogP contribution is -2.16. The first-order valence-electron chi connectivity index (χ1n) is 6.81. The van der Waals surface area contributed by atoms with Gasteiger partial charge in [0.25, 0.3) is 0 Å². The second-order valence-electron chi connectivity index (χ2n) is 4.98. The van der Waals surface area contributed by atoms with Gasteiger partial charge in [-0.2, -0.15) is 4.39 Å². The number of rotatable bonds is 2. The molecule has 0 amide bonds. The van der Waals surface area contributed by atoms with E-state index in [0.29, 0.717) is 11.3 Å². The average Bonchev–Trinajstić information content (AvgIpc) is 2.53. The highest BCUT2D eigenvalue weighted by Crippen LogP contribution is 2.36. The normalized spacial score (nSPS) is 16.3. The van der Waals surface area contributed by atoms with Crippen LogP contribution < -0.4 is 4.74 Å².